The molecule has 1 atom stereocenters. The zero-order valence-corrected chi connectivity index (χ0v) is 16.3. The summed E-state index contributed by atoms with van der Waals surface area (Å²) in [4.78, 5) is 12.4. The van der Waals surface area contributed by atoms with E-state index in [4.69, 9.17) is 16.3 Å². The van der Waals surface area contributed by atoms with E-state index >= 15 is 0 Å². The Bertz CT molecular complexity index is 756. The molecule has 0 aliphatic rings. The third-order valence-corrected chi connectivity index (χ3v) is 4.76. The molecule has 0 aliphatic heterocycles. The van der Waals surface area contributed by atoms with Gasteiger partial charge in [-0.15, -0.1) is 0 Å². The largest absolute Gasteiger partial charge is 0.496 e. The molecule has 0 aromatic heterocycles. The van der Waals surface area contributed by atoms with Crippen LogP contribution in [0.25, 0.3) is 0 Å². The smallest absolute Gasteiger partial charge is 0.224 e. The van der Waals surface area contributed by atoms with Crippen LogP contribution in [0, 0.1) is 6.92 Å². The molecule has 0 bridgehead atoms. The van der Waals surface area contributed by atoms with Gasteiger partial charge >= 0.3 is 0 Å². The highest BCUT2D eigenvalue weighted by Gasteiger charge is 2.17. The Kier molecular flexibility index (Phi) is 6.49. The number of nitrogens with one attached hydrogen (secondary N) is 1. The van der Waals surface area contributed by atoms with Crippen molar-refractivity contribution in [1.29, 1.82) is 0 Å². The SMILES string of the molecule is COc1cc(C)c(C(C)NC(=O)Cc2ccccc2Cl)cc1C(C)C. The van der Waals surface area contributed by atoms with E-state index in [1.165, 1.54) is 0 Å². The molecule has 25 heavy (non-hydrogen) atoms. The Morgan fingerprint density at radius 3 is 2.44 bits per heavy atom. The first-order valence-corrected chi connectivity index (χ1v) is 8.92. The monoisotopic (exact) mass is 359 g/mol. The van der Waals surface area contributed by atoms with Crippen molar-refractivity contribution >= 4 is 17.5 Å². The van der Waals surface area contributed by atoms with Crippen LogP contribution in [0.1, 0.15) is 55.0 Å². The summed E-state index contributed by atoms with van der Waals surface area (Å²) in [5, 5.41) is 3.70. The van der Waals surface area contributed by atoms with Gasteiger partial charge in [-0.3, -0.25) is 4.79 Å². The Labute approximate surface area is 155 Å². The van der Waals surface area contributed by atoms with Gasteiger partial charge in [0, 0.05) is 5.02 Å². The quantitative estimate of drug-likeness (QED) is 0.769. The van der Waals surface area contributed by atoms with Gasteiger partial charge in [-0.2, -0.15) is 0 Å². The van der Waals surface area contributed by atoms with Gasteiger partial charge in [0.2, 0.25) is 5.91 Å². The van der Waals surface area contributed by atoms with E-state index in [1.54, 1.807) is 13.2 Å². The molecule has 4 heteroatoms. The molecule has 0 spiro atoms. The first-order chi connectivity index (χ1) is 11.8. The number of rotatable bonds is 6. The van der Waals surface area contributed by atoms with E-state index in [-0.39, 0.29) is 18.4 Å². The van der Waals surface area contributed by atoms with Crippen LogP contribution in [-0.4, -0.2) is 13.0 Å². The zero-order chi connectivity index (χ0) is 18.6. The second kappa shape index (κ2) is 8.39. The Morgan fingerprint density at radius 1 is 1.16 bits per heavy atom. The maximum Gasteiger partial charge on any atom is 0.224 e. The molecular weight excluding hydrogens is 334 g/mol. The van der Waals surface area contributed by atoms with E-state index in [0.717, 1.165) is 28.0 Å². The predicted octanol–water partition coefficient (Wildman–Crippen LogP) is 5.20. The van der Waals surface area contributed by atoms with Crippen molar-refractivity contribution in [3.8, 4) is 5.75 Å². The van der Waals surface area contributed by atoms with Gasteiger partial charge in [-0.25, -0.2) is 0 Å². The van der Waals surface area contributed by atoms with Crippen molar-refractivity contribution in [3.05, 3.63) is 63.7 Å². The lowest BCUT2D eigenvalue weighted by molar-refractivity contribution is -0.121. The van der Waals surface area contributed by atoms with E-state index in [2.05, 4.69) is 25.2 Å². The molecule has 1 unspecified atom stereocenters. The molecule has 2 aromatic rings. The Hall–Kier alpha value is -2.00. The lowest BCUT2D eigenvalue weighted by Crippen LogP contribution is -2.28. The number of amides is 1. The van der Waals surface area contributed by atoms with Gasteiger partial charge in [0.1, 0.15) is 5.75 Å². The second-order valence-electron chi connectivity index (χ2n) is 6.66. The third kappa shape index (κ3) is 4.76. The van der Waals surface area contributed by atoms with Crippen molar-refractivity contribution in [2.75, 3.05) is 7.11 Å². The van der Waals surface area contributed by atoms with Crippen molar-refractivity contribution in [2.45, 2.75) is 46.1 Å². The normalized spacial score (nSPS) is 12.1. The summed E-state index contributed by atoms with van der Waals surface area (Å²) in [7, 11) is 1.69. The van der Waals surface area contributed by atoms with Gasteiger partial charge in [0.25, 0.3) is 0 Å². The van der Waals surface area contributed by atoms with Gasteiger partial charge in [0.05, 0.1) is 19.6 Å². The predicted molar refractivity (Wildman–Crippen MR) is 104 cm³/mol. The summed E-state index contributed by atoms with van der Waals surface area (Å²) < 4.78 is 5.49. The maximum atomic E-state index is 12.4. The molecule has 0 saturated carbocycles. The van der Waals surface area contributed by atoms with E-state index < -0.39 is 0 Å². The number of halogens is 1. The molecule has 2 aromatic carbocycles. The molecule has 1 N–H and O–H groups in total. The van der Waals surface area contributed by atoms with Crippen molar-refractivity contribution in [2.24, 2.45) is 0 Å². The lowest BCUT2D eigenvalue weighted by Gasteiger charge is -2.21. The summed E-state index contributed by atoms with van der Waals surface area (Å²) in [6.07, 6.45) is 0.274. The highest BCUT2D eigenvalue weighted by atomic mass is 35.5. The minimum absolute atomic E-state index is 0.0399. The van der Waals surface area contributed by atoms with Crippen LogP contribution < -0.4 is 10.1 Å². The van der Waals surface area contributed by atoms with Crippen molar-refractivity contribution in [3.63, 3.8) is 0 Å². The average Bonchev–Trinajstić information content (AvgIpc) is 2.56. The van der Waals surface area contributed by atoms with Crippen LogP contribution in [-0.2, 0) is 11.2 Å². The molecule has 0 radical (unpaired) electrons. The van der Waals surface area contributed by atoms with E-state index in [0.29, 0.717) is 10.9 Å². The average molecular weight is 360 g/mol. The molecule has 0 heterocycles. The Morgan fingerprint density at radius 2 is 1.84 bits per heavy atom. The molecule has 134 valence electrons. The van der Waals surface area contributed by atoms with Crippen molar-refractivity contribution in [1.82, 2.24) is 5.32 Å². The molecule has 0 aliphatic carbocycles. The highest BCUT2D eigenvalue weighted by Crippen LogP contribution is 2.32. The minimum atomic E-state index is -0.0848. The number of aryl methyl sites for hydroxylation is 1. The summed E-state index contributed by atoms with van der Waals surface area (Å²) in [5.74, 6) is 1.20. The standard InChI is InChI=1S/C21H26ClNO2/c1-13(2)17-12-18(14(3)10-20(17)25-5)15(4)23-21(24)11-16-8-6-7-9-19(16)22/h6-10,12-13,15H,11H2,1-5H3,(H,23,24). The highest BCUT2D eigenvalue weighted by molar-refractivity contribution is 6.31. The molecular formula is C21H26ClNO2. The Balaban J connectivity index is 2.17. The molecule has 3 nitrogen and oxygen atoms in total. The van der Waals surface area contributed by atoms with E-state index in [1.807, 2.05) is 38.1 Å². The third-order valence-electron chi connectivity index (χ3n) is 4.39. The first-order valence-electron chi connectivity index (χ1n) is 8.54. The number of benzene rings is 2. The van der Waals surface area contributed by atoms with Crippen molar-refractivity contribution < 1.29 is 9.53 Å². The minimum Gasteiger partial charge on any atom is -0.496 e. The summed E-state index contributed by atoms with van der Waals surface area (Å²) in [5.41, 5.74) is 4.20. The number of carbonyl (C=O) groups excluding carboxylic acids is 1. The van der Waals surface area contributed by atoms with Crippen LogP contribution in [0.5, 0.6) is 5.75 Å². The molecule has 2 rings (SSSR count). The van der Waals surface area contributed by atoms with Gasteiger partial charge in [-0.05, 0) is 60.2 Å². The molecule has 0 fully saturated rings. The second-order valence-corrected chi connectivity index (χ2v) is 7.07. The van der Waals surface area contributed by atoms with Crippen LogP contribution in [0.2, 0.25) is 5.02 Å². The number of ether oxygens (including phenoxy) is 1. The molecule has 1 amide bonds. The number of carbonyl (C=O) groups is 1. The number of hydrogen-bond acceptors (Lipinski definition) is 2. The number of methoxy groups -OCH3 is 1. The fraction of sp³-hybridized carbons (Fsp3) is 0.381. The van der Waals surface area contributed by atoms with E-state index in [9.17, 15) is 4.79 Å². The fourth-order valence-electron chi connectivity index (χ4n) is 3.00. The van der Waals surface area contributed by atoms with Gasteiger partial charge in [-0.1, -0.05) is 43.6 Å². The summed E-state index contributed by atoms with van der Waals surface area (Å²) in [6, 6.07) is 11.5. The molecule has 0 saturated heterocycles. The van der Waals surface area contributed by atoms with Crippen LogP contribution in [0.15, 0.2) is 36.4 Å². The van der Waals surface area contributed by atoms with Crippen LogP contribution >= 0.6 is 11.6 Å². The van der Waals surface area contributed by atoms with Crippen LogP contribution in [0.3, 0.4) is 0 Å². The topological polar surface area (TPSA) is 38.3 Å². The van der Waals surface area contributed by atoms with Crippen LogP contribution in [0.4, 0.5) is 0 Å². The summed E-state index contributed by atoms with van der Waals surface area (Å²) >= 11 is 6.14. The lowest BCUT2D eigenvalue weighted by atomic mass is 9.93. The first kappa shape index (κ1) is 19.3. The van der Waals surface area contributed by atoms with Gasteiger partial charge < -0.3 is 10.1 Å². The summed E-state index contributed by atoms with van der Waals surface area (Å²) in [6.45, 7) is 8.32. The zero-order valence-electron chi connectivity index (χ0n) is 15.5. The van der Waals surface area contributed by atoms with Gasteiger partial charge in [0.15, 0.2) is 0 Å². The maximum absolute atomic E-state index is 12.4. The number of hydrogen-bond donors (Lipinski definition) is 1. The fourth-order valence-corrected chi connectivity index (χ4v) is 3.20.